The van der Waals surface area contributed by atoms with Crippen LogP contribution in [0.3, 0.4) is 0 Å². The largest absolute Gasteiger partial charge is 0.437 e. The highest BCUT2D eigenvalue weighted by Gasteiger charge is 2.13. The average Bonchev–Trinajstić information content (AvgIpc) is 2.81. The summed E-state index contributed by atoms with van der Waals surface area (Å²) in [6, 6.07) is 21.4. The van der Waals surface area contributed by atoms with Crippen molar-refractivity contribution in [2.75, 3.05) is 5.32 Å². The van der Waals surface area contributed by atoms with Crippen LogP contribution >= 0.6 is 0 Å². The number of nitrogens with zero attached hydrogens (tertiary/aromatic N) is 4. The lowest BCUT2D eigenvalue weighted by Gasteiger charge is -2.11. The molecule has 144 valence electrons. The zero-order chi connectivity index (χ0) is 20.2. The number of anilines is 2. The summed E-state index contributed by atoms with van der Waals surface area (Å²) in [6.07, 6.45) is 8.66. The van der Waals surface area contributed by atoms with Crippen molar-refractivity contribution in [2.45, 2.75) is 0 Å². The van der Waals surface area contributed by atoms with Gasteiger partial charge in [0, 0.05) is 47.6 Å². The van der Waals surface area contributed by atoms with E-state index in [9.17, 15) is 0 Å². The van der Waals surface area contributed by atoms with Gasteiger partial charge in [0.05, 0.1) is 0 Å². The van der Waals surface area contributed by atoms with Crippen molar-refractivity contribution in [1.82, 2.24) is 19.9 Å². The molecule has 0 aliphatic rings. The van der Waals surface area contributed by atoms with E-state index in [-0.39, 0.29) is 0 Å². The van der Waals surface area contributed by atoms with Gasteiger partial charge in [-0.1, -0.05) is 24.3 Å². The molecule has 3 heterocycles. The quantitative estimate of drug-likeness (QED) is 0.419. The van der Waals surface area contributed by atoms with Crippen molar-refractivity contribution in [3.63, 3.8) is 0 Å². The van der Waals surface area contributed by atoms with Crippen LogP contribution < -0.4 is 10.1 Å². The Bertz CT molecular complexity index is 1280. The van der Waals surface area contributed by atoms with Crippen molar-refractivity contribution in [2.24, 2.45) is 0 Å². The molecule has 5 aromatic rings. The number of aromatic nitrogens is 4. The highest BCUT2D eigenvalue weighted by Crippen LogP contribution is 2.34. The summed E-state index contributed by atoms with van der Waals surface area (Å²) in [6.45, 7) is 0. The normalized spacial score (nSPS) is 10.7. The lowest BCUT2D eigenvalue weighted by Crippen LogP contribution is -1.96. The number of hydrogen-bond donors (Lipinski definition) is 1. The molecule has 0 aliphatic heterocycles. The molecular formula is C24H17N5O. The third-order valence-corrected chi connectivity index (χ3v) is 4.61. The Balaban J connectivity index is 1.44. The van der Waals surface area contributed by atoms with E-state index >= 15 is 0 Å². The van der Waals surface area contributed by atoms with E-state index in [2.05, 4.69) is 25.3 Å². The minimum Gasteiger partial charge on any atom is -0.437 e. The standard InChI is InChI=1S/C24H17N5O/c1-2-12-26-22(6-1)29-18-7-9-19(10-8-18)30-24-23(27-14-15-28-24)21-5-3-4-17-16-25-13-11-20(17)21/h1-16H,(H,26,29). The van der Waals surface area contributed by atoms with Crippen LogP contribution in [0.15, 0.2) is 97.7 Å². The Kier molecular flexibility index (Phi) is 4.72. The minimum atomic E-state index is 0.451. The molecule has 0 bridgehead atoms. The first-order chi connectivity index (χ1) is 14.9. The van der Waals surface area contributed by atoms with Crippen LogP contribution in [0.4, 0.5) is 11.5 Å². The molecule has 0 saturated heterocycles. The number of pyridine rings is 2. The maximum Gasteiger partial charge on any atom is 0.246 e. The molecule has 5 rings (SSSR count). The maximum atomic E-state index is 6.09. The second-order valence-corrected chi connectivity index (χ2v) is 6.58. The zero-order valence-corrected chi connectivity index (χ0v) is 15.9. The Morgan fingerprint density at radius 1 is 0.700 bits per heavy atom. The first-order valence-corrected chi connectivity index (χ1v) is 9.47. The number of nitrogens with one attached hydrogen (secondary N) is 1. The Morgan fingerprint density at radius 3 is 2.47 bits per heavy atom. The van der Waals surface area contributed by atoms with E-state index in [0.29, 0.717) is 17.3 Å². The third-order valence-electron chi connectivity index (χ3n) is 4.61. The van der Waals surface area contributed by atoms with Crippen molar-refractivity contribution < 1.29 is 4.74 Å². The molecule has 0 saturated carbocycles. The van der Waals surface area contributed by atoms with E-state index in [1.807, 2.05) is 72.9 Å². The van der Waals surface area contributed by atoms with Gasteiger partial charge in [-0.05, 0) is 47.9 Å². The molecule has 1 N–H and O–H groups in total. The summed E-state index contributed by atoms with van der Waals surface area (Å²) in [5.74, 6) is 1.91. The Labute approximate surface area is 173 Å². The van der Waals surface area contributed by atoms with Gasteiger partial charge in [-0.15, -0.1) is 0 Å². The SMILES string of the molecule is c1ccc(Nc2ccc(Oc3nccnc3-c3cccc4cnccc34)cc2)nc1. The predicted octanol–water partition coefficient (Wildman–Crippen LogP) is 5.62. The van der Waals surface area contributed by atoms with Gasteiger partial charge >= 0.3 is 0 Å². The molecule has 2 aromatic carbocycles. The number of ether oxygens (including phenoxy) is 1. The Hall–Kier alpha value is -4.32. The van der Waals surface area contributed by atoms with Crippen LogP contribution in [0.5, 0.6) is 11.6 Å². The lowest BCUT2D eigenvalue weighted by molar-refractivity contribution is 0.462. The van der Waals surface area contributed by atoms with Crippen LogP contribution in [0.2, 0.25) is 0 Å². The van der Waals surface area contributed by atoms with Crippen LogP contribution in [-0.4, -0.2) is 19.9 Å². The average molecular weight is 391 g/mol. The number of fused-ring (bicyclic) bond motifs is 1. The smallest absolute Gasteiger partial charge is 0.246 e. The van der Waals surface area contributed by atoms with Gasteiger partial charge in [0.1, 0.15) is 17.3 Å². The highest BCUT2D eigenvalue weighted by atomic mass is 16.5. The van der Waals surface area contributed by atoms with Crippen LogP contribution in [0.25, 0.3) is 22.0 Å². The fourth-order valence-corrected chi connectivity index (χ4v) is 3.22. The van der Waals surface area contributed by atoms with Crippen LogP contribution in [-0.2, 0) is 0 Å². The molecule has 6 heteroatoms. The van der Waals surface area contributed by atoms with Crippen molar-refractivity contribution in [3.8, 4) is 22.9 Å². The Morgan fingerprint density at radius 2 is 1.60 bits per heavy atom. The number of benzene rings is 2. The van der Waals surface area contributed by atoms with Gasteiger partial charge in [0.2, 0.25) is 5.88 Å². The third kappa shape index (κ3) is 3.66. The highest BCUT2D eigenvalue weighted by molar-refractivity contribution is 5.96. The van der Waals surface area contributed by atoms with Gasteiger partial charge in [-0.25, -0.2) is 15.0 Å². The summed E-state index contributed by atoms with van der Waals surface area (Å²) in [5, 5.41) is 5.34. The predicted molar refractivity (Wildman–Crippen MR) is 117 cm³/mol. The summed E-state index contributed by atoms with van der Waals surface area (Å²) in [5.41, 5.74) is 2.55. The molecule has 0 fully saturated rings. The van der Waals surface area contributed by atoms with Crippen LogP contribution in [0.1, 0.15) is 0 Å². The summed E-state index contributed by atoms with van der Waals surface area (Å²) in [4.78, 5) is 17.4. The molecule has 0 amide bonds. The van der Waals surface area contributed by atoms with Gasteiger partial charge < -0.3 is 10.1 Å². The number of hydrogen-bond acceptors (Lipinski definition) is 6. The summed E-state index contributed by atoms with van der Waals surface area (Å²) in [7, 11) is 0. The number of rotatable bonds is 5. The summed E-state index contributed by atoms with van der Waals surface area (Å²) < 4.78 is 6.09. The van der Waals surface area contributed by atoms with Gasteiger partial charge in [-0.2, -0.15) is 0 Å². The van der Waals surface area contributed by atoms with Crippen molar-refractivity contribution >= 4 is 22.3 Å². The van der Waals surface area contributed by atoms with Gasteiger partial charge in [0.15, 0.2) is 0 Å². The van der Waals surface area contributed by atoms with Crippen molar-refractivity contribution in [3.05, 3.63) is 97.7 Å². The monoisotopic (exact) mass is 391 g/mol. The fourth-order valence-electron chi connectivity index (χ4n) is 3.22. The van der Waals surface area contributed by atoms with E-state index in [0.717, 1.165) is 27.8 Å². The minimum absolute atomic E-state index is 0.451. The molecule has 6 nitrogen and oxygen atoms in total. The molecule has 0 spiro atoms. The summed E-state index contributed by atoms with van der Waals surface area (Å²) >= 11 is 0. The zero-order valence-electron chi connectivity index (χ0n) is 15.9. The lowest BCUT2D eigenvalue weighted by atomic mass is 10.0. The van der Waals surface area contributed by atoms with Crippen LogP contribution in [0, 0.1) is 0 Å². The second-order valence-electron chi connectivity index (χ2n) is 6.58. The van der Waals surface area contributed by atoms with Gasteiger partial charge in [-0.3, -0.25) is 4.98 Å². The topological polar surface area (TPSA) is 72.8 Å². The molecule has 3 aromatic heterocycles. The molecule has 0 radical (unpaired) electrons. The van der Waals surface area contributed by atoms with E-state index in [1.54, 1.807) is 24.8 Å². The van der Waals surface area contributed by atoms with E-state index < -0.39 is 0 Å². The second kappa shape index (κ2) is 7.97. The fraction of sp³-hybridized carbons (Fsp3) is 0. The van der Waals surface area contributed by atoms with Gasteiger partial charge in [0.25, 0.3) is 0 Å². The molecule has 0 aliphatic carbocycles. The maximum absolute atomic E-state index is 6.09. The molecular weight excluding hydrogens is 374 g/mol. The first-order valence-electron chi connectivity index (χ1n) is 9.47. The molecule has 0 atom stereocenters. The first kappa shape index (κ1) is 17.8. The molecule has 30 heavy (non-hydrogen) atoms. The molecule has 0 unspecified atom stereocenters. The van der Waals surface area contributed by atoms with Crippen molar-refractivity contribution in [1.29, 1.82) is 0 Å². The van der Waals surface area contributed by atoms with E-state index in [4.69, 9.17) is 4.74 Å². The van der Waals surface area contributed by atoms with E-state index in [1.165, 1.54) is 0 Å².